The Morgan fingerprint density at radius 3 is 2.65 bits per heavy atom. The van der Waals surface area contributed by atoms with E-state index in [1.54, 1.807) is 18.3 Å². The molecule has 1 aliphatic rings. The lowest BCUT2D eigenvalue weighted by molar-refractivity contribution is -0.151. The number of thiophene rings is 1. The van der Waals surface area contributed by atoms with Gasteiger partial charge < -0.3 is 10.4 Å². The molecule has 2 atom stereocenters. The number of carboxylic acid groups (broad SMARTS) is 1. The first-order valence-corrected chi connectivity index (χ1v) is 7.77. The van der Waals surface area contributed by atoms with Crippen LogP contribution < -0.4 is 5.32 Å². The van der Waals surface area contributed by atoms with E-state index in [0.29, 0.717) is 12.0 Å². The summed E-state index contributed by atoms with van der Waals surface area (Å²) in [4.78, 5) is 26.0. The molecule has 1 aromatic rings. The van der Waals surface area contributed by atoms with Crippen molar-refractivity contribution in [2.45, 2.75) is 52.5 Å². The monoisotopic (exact) mass is 295 g/mol. The summed E-state index contributed by atoms with van der Waals surface area (Å²) >= 11 is 1.59. The number of nitrogens with one attached hydrogen (secondary N) is 1. The average Bonchev–Trinajstić information content (AvgIpc) is 2.71. The van der Waals surface area contributed by atoms with E-state index >= 15 is 0 Å². The van der Waals surface area contributed by atoms with Crippen LogP contribution in [0.5, 0.6) is 0 Å². The normalized spacial score (nSPS) is 26.2. The minimum absolute atomic E-state index is 0.147. The van der Waals surface area contributed by atoms with Crippen molar-refractivity contribution in [1.82, 2.24) is 5.32 Å². The van der Waals surface area contributed by atoms with Crippen molar-refractivity contribution in [3.8, 4) is 0 Å². The standard InChI is InChI=1S/C15H21NO3S/c1-9-8-11(10(2)20-9)13(17)16-12-6-4-5-7-15(12,3)14(18)19/h8,12H,4-7H2,1-3H3,(H,16,17)(H,18,19). The van der Waals surface area contributed by atoms with Crippen LogP contribution in [0, 0.1) is 19.3 Å². The number of aryl methyl sites for hydroxylation is 2. The SMILES string of the molecule is Cc1cc(C(=O)NC2CCCCC2(C)C(=O)O)c(C)s1. The molecule has 1 saturated carbocycles. The molecule has 2 unspecified atom stereocenters. The van der Waals surface area contributed by atoms with Gasteiger partial charge in [0.05, 0.1) is 11.0 Å². The molecule has 20 heavy (non-hydrogen) atoms. The smallest absolute Gasteiger partial charge is 0.311 e. The fraction of sp³-hybridized carbons (Fsp3) is 0.600. The second-order valence-electron chi connectivity index (χ2n) is 5.82. The fourth-order valence-corrected chi connectivity index (χ4v) is 3.83. The first-order chi connectivity index (χ1) is 9.34. The predicted octanol–water partition coefficient (Wildman–Crippen LogP) is 3.13. The number of aliphatic carboxylic acids is 1. The highest BCUT2D eigenvalue weighted by molar-refractivity contribution is 7.12. The fourth-order valence-electron chi connectivity index (χ4n) is 2.91. The van der Waals surface area contributed by atoms with Crippen LogP contribution >= 0.6 is 11.3 Å². The zero-order valence-electron chi connectivity index (χ0n) is 12.2. The molecule has 0 bridgehead atoms. The molecule has 4 nitrogen and oxygen atoms in total. The van der Waals surface area contributed by atoms with Gasteiger partial charge in [0, 0.05) is 15.8 Å². The van der Waals surface area contributed by atoms with Gasteiger partial charge in [-0.25, -0.2) is 0 Å². The highest BCUT2D eigenvalue weighted by Gasteiger charge is 2.44. The maximum absolute atomic E-state index is 12.4. The van der Waals surface area contributed by atoms with Gasteiger partial charge in [-0.2, -0.15) is 0 Å². The van der Waals surface area contributed by atoms with Crippen molar-refractivity contribution in [2.24, 2.45) is 5.41 Å². The predicted molar refractivity (Wildman–Crippen MR) is 79.3 cm³/mol. The van der Waals surface area contributed by atoms with Gasteiger partial charge in [0.25, 0.3) is 5.91 Å². The number of hydrogen-bond acceptors (Lipinski definition) is 3. The number of rotatable bonds is 3. The number of amides is 1. The van der Waals surface area contributed by atoms with Crippen molar-refractivity contribution >= 4 is 23.2 Å². The third-order valence-corrected chi connectivity index (χ3v) is 5.25. The van der Waals surface area contributed by atoms with E-state index in [1.807, 2.05) is 19.9 Å². The molecule has 0 spiro atoms. The molecule has 0 aromatic carbocycles. The summed E-state index contributed by atoms with van der Waals surface area (Å²) in [7, 11) is 0. The zero-order chi connectivity index (χ0) is 14.9. The summed E-state index contributed by atoms with van der Waals surface area (Å²) in [5.74, 6) is -0.966. The molecule has 0 aliphatic heterocycles. The molecule has 5 heteroatoms. The number of carbonyl (C=O) groups excluding carboxylic acids is 1. The van der Waals surface area contributed by atoms with E-state index in [4.69, 9.17) is 0 Å². The lowest BCUT2D eigenvalue weighted by Gasteiger charge is -2.38. The molecule has 110 valence electrons. The average molecular weight is 295 g/mol. The summed E-state index contributed by atoms with van der Waals surface area (Å²) in [5.41, 5.74) is -0.182. The molecule has 2 N–H and O–H groups in total. The Morgan fingerprint density at radius 2 is 2.10 bits per heavy atom. The van der Waals surface area contributed by atoms with Crippen molar-refractivity contribution in [3.05, 3.63) is 21.4 Å². The van der Waals surface area contributed by atoms with Gasteiger partial charge in [-0.05, 0) is 39.7 Å². The third-order valence-electron chi connectivity index (χ3n) is 4.29. The van der Waals surface area contributed by atoms with Gasteiger partial charge in [-0.3, -0.25) is 9.59 Å². The third kappa shape index (κ3) is 2.73. The van der Waals surface area contributed by atoms with Crippen LogP contribution in [0.4, 0.5) is 0 Å². The summed E-state index contributed by atoms with van der Waals surface area (Å²) in [6.07, 6.45) is 3.23. The molecule has 1 aliphatic carbocycles. The topological polar surface area (TPSA) is 66.4 Å². The molecule has 1 heterocycles. The molecule has 1 fully saturated rings. The van der Waals surface area contributed by atoms with Crippen molar-refractivity contribution in [2.75, 3.05) is 0 Å². The van der Waals surface area contributed by atoms with Crippen LogP contribution in [-0.2, 0) is 4.79 Å². The molecule has 0 saturated heterocycles. The minimum Gasteiger partial charge on any atom is -0.481 e. The van der Waals surface area contributed by atoms with Crippen LogP contribution in [-0.4, -0.2) is 23.0 Å². The molecule has 0 radical (unpaired) electrons. The van der Waals surface area contributed by atoms with Gasteiger partial charge in [0.15, 0.2) is 0 Å². The molecule has 1 amide bonds. The van der Waals surface area contributed by atoms with Gasteiger partial charge in [0.2, 0.25) is 0 Å². The van der Waals surface area contributed by atoms with Gasteiger partial charge in [-0.15, -0.1) is 11.3 Å². The first kappa shape index (κ1) is 15.0. The van der Waals surface area contributed by atoms with Crippen LogP contribution in [0.2, 0.25) is 0 Å². The Bertz CT molecular complexity index is 537. The summed E-state index contributed by atoms with van der Waals surface area (Å²) in [6, 6.07) is 1.58. The molecular weight excluding hydrogens is 274 g/mol. The van der Waals surface area contributed by atoms with Crippen LogP contribution in [0.25, 0.3) is 0 Å². The highest BCUT2D eigenvalue weighted by atomic mass is 32.1. The largest absolute Gasteiger partial charge is 0.481 e. The van der Waals surface area contributed by atoms with Gasteiger partial charge >= 0.3 is 5.97 Å². The number of carbonyl (C=O) groups is 2. The first-order valence-electron chi connectivity index (χ1n) is 6.96. The van der Waals surface area contributed by atoms with Crippen molar-refractivity contribution < 1.29 is 14.7 Å². The highest BCUT2D eigenvalue weighted by Crippen LogP contribution is 2.36. The summed E-state index contributed by atoms with van der Waals surface area (Å²) < 4.78 is 0. The van der Waals surface area contributed by atoms with Crippen LogP contribution in [0.15, 0.2) is 6.07 Å². The van der Waals surface area contributed by atoms with Crippen molar-refractivity contribution in [3.63, 3.8) is 0 Å². The maximum Gasteiger partial charge on any atom is 0.311 e. The summed E-state index contributed by atoms with van der Waals surface area (Å²) in [6.45, 7) is 5.63. The Hall–Kier alpha value is -1.36. The van der Waals surface area contributed by atoms with E-state index in [2.05, 4.69) is 5.32 Å². The maximum atomic E-state index is 12.4. The molecule has 1 aromatic heterocycles. The Balaban J connectivity index is 2.17. The second kappa shape index (κ2) is 5.56. The quantitative estimate of drug-likeness (QED) is 0.900. The van der Waals surface area contributed by atoms with Gasteiger partial charge in [0.1, 0.15) is 0 Å². The zero-order valence-corrected chi connectivity index (χ0v) is 13.0. The van der Waals surface area contributed by atoms with Crippen molar-refractivity contribution in [1.29, 1.82) is 0 Å². The molecule has 2 rings (SSSR count). The van der Waals surface area contributed by atoms with E-state index in [1.165, 1.54) is 0 Å². The summed E-state index contributed by atoms with van der Waals surface area (Å²) in [5, 5.41) is 12.4. The lowest BCUT2D eigenvalue weighted by atomic mass is 9.71. The Morgan fingerprint density at radius 1 is 1.40 bits per heavy atom. The van der Waals surface area contributed by atoms with Crippen LogP contribution in [0.1, 0.15) is 52.7 Å². The second-order valence-corrected chi connectivity index (χ2v) is 7.28. The van der Waals surface area contributed by atoms with E-state index in [0.717, 1.165) is 29.0 Å². The minimum atomic E-state index is -0.854. The lowest BCUT2D eigenvalue weighted by Crippen LogP contribution is -2.52. The Kier molecular flexibility index (Phi) is 4.18. The Labute approximate surface area is 123 Å². The van der Waals surface area contributed by atoms with Crippen LogP contribution in [0.3, 0.4) is 0 Å². The number of carboxylic acids is 1. The molecular formula is C15H21NO3S. The van der Waals surface area contributed by atoms with Gasteiger partial charge in [-0.1, -0.05) is 12.8 Å². The van der Waals surface area contributed by atoms with E-state index in [-0.39, 0.29) is 11.9 Å². The van der Waals surface area contributed by atoms with E-state index in [9.17, 15) is 14.7 Å². The number of hydrogen-bond donors (Lipinski definition) is 2. The van der Waals surface area contributed by atoms with E-state index < -0.39 is 11.4 Å².